The molecule has 14 N–H and O–H groups in total. The van der Waals surface area contributed by atoms with Gasteiger partial charge in [-0.3, -0.25) is 0 Å². The van der Waals surface area contributed by atoms with E-state index in [1.54, 1.807) is 30.3 Å². The molecule has 0 heterocycles. The highest BCUT2D eigenvalue weighted by atomic mass is 16.3. The predicted octanol–water partition coefficient (Wildman–Crippen LogP) is 6.95. The van der Waals surface area contributed by atoms with E-state index < -0.39 is 80.8 Å². The lowest BCUT2D eigenvalue weighted by Crippen LogP contribution is -2.19. The Kier molecular flexibility index (Phi) is 12.3. The first-order valence-corrected chi connectivity index (χ1v) is 19.0. The highest BCUT2D eigenvalue weighted by molar-refractivity contribution is 5.54. The molecule has 14 nitrogen and oxygen atoms in total. The van der Waals surface area contributed by atoms with Crippen LogP contribution in [0.3, 0.4) is 0 Å². The number of phenolic OH excluding ortho intramolecular Hbond substituents is 14. The molecular weight excluding hydrogens is 776 g/mol. The highest BCUT2D eigenvalue weighted by Gasteiger charge is 2.27. The van der Waals surface area contributed by atoms with Gasteiger partial charge >= 0.3 is 0 Å². The van der Waals surface area contributed by atoms with Crippen molar-refractivity contribution in [1.29, 1.82) is 0 Å². The second-order valence-corrected chi connectivity index (χ2v) is 15.1. The molecule has 0 radical (unpaired) electrons. The Hall–Kier alpha value is -7.48. The van der Waals surface area contributed by atoms with Crippen molar-refractivity contribution >= 4 is 0 Å². The molecule has 14 heteroatoms. The number of rotatable bonds is 15. The Bertz CT molecular complexity index is 2440. The van der Waals surface area contributed by atoms with Crippen LogP contribution in [0.15, 0.2) is 84.9 Å². The zero-order chi connectivity index (χ0) is 43.4. The largest absolute Gasteiger partial charge is 0.508 e. The standard InChI is InChI=1S/C46H46O14/c47-33-13-23(1-5-28(33)6-3-24-14-35(49)43(57)36(50)15-24)2-8-30(11-26-18-39(53)45(59)40(54)19-26)32(12-27-20-41(55)46(60)42(56)21-27)31-10-9-29(34(48)22-31)7-4-25-16-37(51)44(58)38(52)17-25/h1,5,9-10,13-22,30,32,47-60H,2-4,6-8,11-12H2/t30-,32-/m0/s1. The van der Waals surface area contributed by atoms with Gasteiger partial charge in [0.1, 0.15) is 11.5 Å². The van der Waals surface area contributed by atoms with Gasteiger partial charge in [-0.15, -0.1) is 0 Å². The van der Waals surface area contributed by atoms with Crippen LogP contribution in [0.25, 0.3) is 0 Å². The molecule has 0 aliphatic heterocycles. The highest BCUT2D eigenvalue weighted by Crippen LogP contribution is 2.43. The van der Waals surface area contributed by atoms with Crippen molar-refractivity contribution in [3.63, 3.8) is 0 Å². The Morgan fingerprint density at radius 1 is 0.300 bits per heavy atom. The van der Waals surface area contributed by atoms with Gasteiger partial charge in [0.25, 0.3) is 0 Å². The van der Waals surface area contributed by atoms with E-state index >= 15 is 0 Å². The first-order chi connectivity index (χ1) is 28.5. The molecule has 0 aliphatic rings. The maximum Gasteiger partial charge on any atom is 0.200 e. The minimum Gasteiger partial charge on any atom is -0.508 e. The zero-order valence-electron chi connectivity index (χ0n) is 32.2. The predicted molar refractivity (Wildman–Crippen MR) is 219 cm³/mol. The summed E-state index contributed by atoms with van der Waals surface area (Å²) < 4.78 is 0. The summed E-state index contributed by atoms with van der Waals surface area (Å²) in [5, 5.41) is 143. The van der Waals surface area contributed by atoms with Gasteiger partial charge in [-0.25, -0.2) is 0 Å². The second kappa shape index (κ2) is 17.6. The maximum atomic E-state index is 11.3. The lowest BCUT2D eigenvalue weighted by atomic mass is 9.75. The second-order valence-electron chi connectivity index (χ2n) is 15.1. The summed E-state index contributed by atoms with van der Waals surface area (Å²) >= 11 is 0. The molecule has 0 bridgehead atoms. The van der Waals surface area contributed by atoms with Crippen LogP contribution in [-0.2, 0) is 44.9 Å². The van der Waals surface area contributed by atoms with Crippen molar-refractivity contribution in [2.45, 2.75) is 57.3 Å². The van der Waals surface area contributed by atoms with E-state index in [0.29, 0.717) is 64.6 Å². The fraction of sp³-hybridized carbons (Fsp3) is 0.217. The average Bonchev–Trinajstić information content (AvgIpc) is 3.19. The molecule has 0 fully saturated rings. The number of aryl methyl sites for hydroxylation is 5. The molecule has 0 aromatic heterocycles. The molecule has 0 unspecified atom stereocenters. The summed E-state index contributed by atoms with van der Waals surface area (Å²) in [6.45, 7) is 0. The monoisotopic (exact) mass is 822 g/mol. The van der Waals surface area contributed by atoms with Gasteiger partial charge in [0.2, 0.25) is 0 Å². The molecule has 0 amide bonds. The molecular formula is C46H46O14. The van der Waals surface area contributed by atoms with Crippen molar-refractivity contribution in [2.24, 2.45) is 5.92 Å². The van der Waals surface area contributed by atoms with Crippen LogP contribution in [0.2, 0.25) is 0 Å². The van der Waals surface area contributed by atoms with Crippen LogP contribution in [0.5, 0.6) is 80.5 Å². The van der Waals surface area contributed by atoms with Crippen LogP contribution < -0.4 is 0 Å². The number of hydrogen-bond donors (Lipinski definition) is 14. The summed E-state index contributed by atoms with van der Waals surface area (Å²) in [6.07, 6.45) is 2.42. The number of aromatic hydroxyl groups is 14. The van der Waals surface area contributed by atoms with Gasteiger partial charge in [-0.05, 0) is 168 Å². The molecule has 6 rings (SSSR count). The Morgan fingerprint density at radius 3 is 1.05 bits per heavy atom. The molecule has 0 aliphatic carbocycles. The minimum atomic E-state index is -0.693. The third-order valence-corrected chi connectivity index (χ3v) is 10.9. The van der Waals surface area contributed by atoms with Crippen LogP contribution in [0, 0.1) is 5.92 Å². The van der Waals surface area contributed by atoms with Crippen LogP contribution in [0.1, 0.15) is 56.8 Å². The van der Waals surface area contributed by atoms with Gasteiger partial charge in [-0.2, -0.15) is 0 Å². The molecule has 0 spiro atoms. The summed E-state index contributed by atoms with van der Waals surface area (Å²) in [5.41, 5.74) is 4.45. The lowest BCUT2D eigenvalue weighted by Gasteiger charge is -2.29. The minimum absolute atomic E-state index is 0.00878. The van der Waals surface area contributed by atoms with E-state index in [1.807, 2.05) is 6.07 Å². The van der Waals surface area contributed by atoms with Crippen molar-refractivity contribution < 1.29 is 71.5 Å². The van der Waals surface area contributed by atoms with E-state index in [1.165, 1.54) is 48.5 Å². The normalized spacial score (nSPS) is 12.3. The van der Waals surface area contributed by atoms with E-state index in [2.05, 4.69) is 0 Å². The van der Waals surface area contributed by atoms with Crippen molar-refractivity contribution in [1.82, 2.24) is 0 Å². The smallest absolute Gasteiger partial charge is 0.200 e. The average molecular weight is 823 g/mol. The Labute approximate surface area is 343 Å². The van der Waals surface area contributed by atoms with E-state index in [0.717, 1.165) is 5.56 Å². The van der Waals surface area contributed by atoms with E-state index in [4.69, 9.17) is 0 Å². The summed E-state index contributed by atoms with van der Waals surface area (Å²) in [4.78, 5) is 0. The van der Waals surface area contributed by atoms with E-state index in [9.17, 15) is 71.5 Å². The number of benzene rings is 6. The summed E-state index contributed by atoms with van der Waals surface area (Å²) in [5.74, 6) is -7.67. The Morgan fingerprint density at radius 2 is 0.650 bits per heavy atom. The van der Waals surface area contributed by atoms with E-state index in [-0.39, 0.29) is 37.2 Å². The first-order valence-electron chi connectivity index (χ1n) is 19.0. The fourth-order valence-corrected chi connectivity index (χ4v) is 7.64. The molecule has 2 atom stereocenters. The van der Waals surface area contributed by atoms with Gasteiger partial charge in [-0.1, -0.05) is 24.3 Å². The SMILES string of the molecule is Oc1cc(CC[C@@H](Cc2cc(O)c(O)c(O)c2)[C@H](Cc2cc(O)c(O)c(O)c2)c2ccc(CCc3cc(O)c(O)c(O)c3)c(O)c2)ccc1CCc1cc(O)c(O)c(O)c1. The molecule has 6 aromatic rings. The molecule has 0 saturated carbocycles. The first kappa shape index (κ1) is 42.1. The topological polar surface area (TPSA) is 283 Å². The van der Waals surface area contributed by atoms with Crippen molar-refractivity contribution in [2.75, 3.05) is 0 Å². The van der Waals surface area contributed by atoms with Gasteiger partial charge in [0, 0.05) is 0 Å². The molecule has 314 valence electrons. The molecule has 6 aromatic carbocycles. The van der Waals surface area contributed by atoms with Crippen LogP contribution in [0.4, 0.5) is 0 Å². The van der Waals surface area contributed by atoms with Crippen molar-refractivity contribution in [3.8, 4) is 80.5 Å². The van der Waals surface area contributed by atoms with Crippen molar-refractivity contribution in [3.05, 3.63) is 129 Å². The summed E-state index contributed by atoms with van der Waals surface area (Å²) in [7, 11) is 0. The lowest BCUT2D eigenvalue weighted by molar-refractivity contribution is 0.359. The van der Waals surface area contributed by atoms with Crippen LogP contribution >= 0.6 is 0 Å². The maximum absolute atomic E-state index is 11.3. The molecule has 0 saturated heterocycles. The quantitative estimate of drug-likeness (QED) is 0.0467. The Balaban J connectivity index is 1.32. The fourth-order valence-electron chi connectivity index (χ4n) is 7.64. The summed E-state index contributed by atoms with van der Waals surface area (Å²) in [6, 6.07) is 20.9. The van der Waals surface area contributed by atoms with Gasteiger partial charge < -0.3 is 71.5 Å². The third-order valence-electron chi connectivity index (χ3n) is 10.9. The zero-order valence-corrected chi connectivity index (χ0v) is 32.2. The van der Waals surface area contributed by atoms with Crippen LogP contribution in [-0.4, -0.2) is 71.5 Å². The number of hydrogen-bond acceptors (Lipinski definition) is 14. The van der Waals surface area contributed by atoms with Gasteiger partial charge in [0.15, 0.2) is 69.0 Å². The van der Waals surface area contributed by atoms with Gasteiger partial charge in [0.05, 0.1) is 0 Å². The third kappa shape index (κ3) is 9.61. The molecule has 60 heavy (non-hydrogen) atoms. The number of phenols is 14.